The van der Waals surface area contributed by atoms with Gasteiger partial charge < -0.3 is 10.6 Å². The highest BCUT2D eigenvalue weighted by atomic mass is 127. The van der Waals surface area contributed by atoms with E-state index in [9.17, 15) is 17.6 Å². The van der Waals surface area contributed by atoms with Crippen molar-refractivity contribution in [1.82, 2.24) is 20.4 Å². The van der Waals surface area contributed by atoms with E-state index in [1.165, 1.54) is 12.1 Å². The van der Waals surface area contributed by atoms with Gasteiger partial charge in [0, 0.05) is 31.7 Å². The number of guanidine groups is 1. The zero-order valence-electron chi connectivity index (χ0n) is 17.3. The first-order valence-electron chi connectivity index (χ1n) is 10.3. The second-order valence-corrected chi connectivity index (χ2v) is 7.49. The first-order valence-corrected chi connectivity index (χ1v) is 10.3. The Morgan fingerprint density at radius 1 is 1.19 bits per heavy atom. The van der Waals surface area contributed by atoms with Crippen LogP contribution in [0.25, 0.3) is 5.69 Å². The van der Waals surface area contributed by atoms with Gasteiger partial charge in [-0.2, -0.15) is 18.3 Å². The van der Waals surface area contributed by atoms with Crippen LogP contribution < -0.4 is 10.6 Å². The van der Waals surface area contributed by atoms with Crippen molar-refractivity contribution in [3.8, 4) is 5.69 Å². The minimum Gasteiger partial charge on any atom is -0.357 e. The van der Waals surface area contributed by atoms with Crippen LogP contribution in [0.15, 0.2) is 41.5 Å². The van der Waals surface area contributed by atoms with Gasteiger partial charge in [0.05, 0.1) is 17.3 Å². The molecule has 31 heavy (non-hydrogen) atoms. The van der Waals surface area contributed by atoms with E-state index in [-0.39, 0.29) is 48.7 Å². The zero-order valence-corrected chi connectivity index (χ0v) is 19.7. The molecular weight excluding hydrogens is 525 g/mol. The monoisotopic (exact) mass is 553 g/mol. The number of aliphatic imine (C=N–C) groups is 1. The van der Waals surface area contributed by atoms with Gasteiger partial charge in [-0.3, -0.25) is 4.99 Å². The largest absolute Gasteiger partial charge is 0.391 e. The molecule has 0 aliphatic heterocycles. The fourth-order valence-electron chi connectivity index (χ4n) is 3.65. The molecule has 0 radical (unpaired) electrons. The van der Waals surface area contributed by atoms with E-state index < -0.39 is 12.1 Å². The molecule has 2 aromatic rings. The molecule has 0 spiro atoms. The van der Waals surface area contributed by atoms with Crippen LogP contribution in [0.2, 0.25) is 0 Å². The van der Waals surface area contributed by atoms with Crippen LogP contribution in [-0.2, 0) is 6.42 Å². The molecule has 2 unspecified atom stereocenters. The first kappa shape index (κ1) is 25.4. The van der Waals surface area contributed by atoms with Crippen LogP contribution in [0.1, 0.15) is 38.3 Å². The summed E-state index contributed by atoms with van der Waals surface area (Å²) in [4.78, 5) is 4.50. The van der Waals surface area contributed by atoms with Gasteiger partial charge in [-0.15, -0.1) is 24.0 Å². The molecule has 1 aromatic heterocycles. The van der Waals surface area contributed by atoms with Crippen LogP contribution in [0, 0.1) is 11.7 Å². The van der Waals surface area contributed by atoms with E-state index in [2.05, 4.69) is 20.7 Å². The minimum absolute atomic E-state index is 0. The summed E-state index contributed by atoms with van der Waals surface area (Å²) in [6, 6.07) is 7.69. The van der Waals surface area contributed by atoms with Crippen molar-refractivity contribution in [2.24, 2.45) is 10.9 Å². The predicted octanol–water partition coefficient (Wildman–Crippen LogP) is 4.85. The van der Waals surface area contributed by atoms with Crippen molar-refractivity contribution in [2.45, 2.75) is 51.2 Å². The Kier molecular flexibility index (Phi) is 9.57. The van der Waals surface area contributed by atoms with Gasteiger partial charge >= 0.3 is 6.18 Å². The Bertz CT molecular complexity index is 835. The summed E-state index contributed by atoms with van der Waals surface area (Å²) in [7, 11) is 0. The minimum atomic E-state index is -4.14. The summed E-state index contributed by atoms with van der Waals surface area (Å²) in [6.45, 7) is 2.99. The molecule has 0 saturated heterocycles. The number of aromatic nitrogens is 2. The quantitative estimate of drug-likeness (QED) is 0.233. The smallest absolute Gasteiger partial charge is 0.357 e. The van der Waals surface area contributed by atoms with E-state index in [4.69, 9.17) is 0 Å². The summed E-state index contributed by atoms with van der Waals surface area (Å²) in [5, 5.41) is 10.7. The number of hydrogen-bond donors (Lipinski definition) is 2. The number of nitrogens with one attached hydrogen (secondary N) is 2. The van der Waals surface area contributed by atoms with Gasteiger partial charge in [-0.1, -0.05) is 6.42 Å². The molecule has 2 N–H and O–H groups in total. The molecule has 1 aromatic carbocycles. The Hall–Kier alpha value is -1.85. The van der Waals surface area contributed by atoms with Crippen LogP contribution >= 0.6 is 24.0 Å². The number of benzene rings is 1. The second kappa shape index (κ2) is 11.7. The van der Waals surface area contributed by atoms with Gasteiger partial charge in [0.1, 0.15) is 5.82 Å². The lowest BCUT2D eigenvalue weighted by atomic mass is 9.85. The maximum Gasteiger partial charge on any atom is 0.391 e. The molecular formula is C21H28F4IN5. The highest BCUT2D eigenvalue weighted by Crippen LogP contribution is 2.37. The SMILES string of the molecule is CCNC(=NCCc1ccn(-c2ccc(F)cc2)n1)NC1CCCC(C(F)(F)F)C1.I. The number of nitrogens with zero attached hydrogens (tertiary/aromatic N) is 3. The predicted molar refractivity (Wildman–Crippen MR) is 124 cm³/mol. The van der Waals surface area contributed by atoms with E-state index in [0.29, 0.717) is 38.3 Å². The van der Waals surface area contributed by atoms with Gasteiger partial charge in [0.2, 0.25) is 0 Å². The molecule has 1 saturated carbocycles. The van der Waals surface area contributed by atoms with Crippen LogP contribution in [-0.4, -0.2) is 41.0 Å². The molecule has 0 amide bonds. The van der Waals surface area contributed by atoms with Gasteiger partial charge in [0.25, 0.3) is 0 Å². The Morgan fingerprint density at radius 3 is 2.61 bits per heavy atom. The van der Waals surface area contributed by atoms with E-state index in [0.717, 1.165) is 11.4 Å². The molecule has 172 valence electrons. The number of rotatable bonds is 6. The third-order valence-corrected chi connectivity index (χ3v) is 5.20. The lowest BCUT2D eigenvalue weighted by Crippen LogP contribution is -2.46. The fraction of sp³-hybridized carbons (Fsp3) is 0.524. The number of halogens is 5. The summed E-state index contributed by atoms with van der Waals surface area (Å²) in [6.07, 6.45) is -0.210. The molecule has 1 fully saturated rings. The Balaban J connectivity index is 0.00000341. The Labute approximate surface area is 196 Å². The van der Waals surface area contributed by atoms with Gasteiger partial charge in [-0.25, -0.2) is 9.07 Å². The highest BCUT2D eigenvalue weighted by Gasteiger charge is 2.42. The third kappa shape index (κ3) is 7.65. The molecule has 5 nitrogen and oxygen atoms in total. The fourth-order valence-corrected chi connectivity index (χ4v) is 3.65. The average molecular weight is 553 g/mol. The normalized spacial score (nSPS) is 19.6. The summed E-state index contributed by atoms with van der Waals surface area (Å²) >= 11 is 0. The molecule has 1 aliphatic rings. The molecule has 1 aliphatic carbocycles. The van der Waals surface area contributed by atoms with Crippen molar-refractivity contribution < 1.29 is 17.6 Å². The summed E-state index contributed by atoms with van der Waals surface area (Å²) < 4.78 is 53.8. The van der Waals surface area contributed by atoms with Crippen molar-refractivity contribution in [3.05, 3.63) is 48.0 Å². The summed E-state index contributed by atoms with van der Waals surface area (Å²) in [5.74, 6) is -1.02. The highest BCUT2D eigenvalue weighted by molar-refractivity contribution is 14.0. The maximum absolute atomic E-state index is 13.0. The Morgan fingerprint density at radius 2 is 1.94 bits per heavy atom. The molecule has 3 rings (SSSR count). The lowest BCUT2D eigenvalue weighted by molar-refractivity contribution is -0.183. The van der Waals surface area contributed by atoms with Crippen molar-refractivity contribution >= 4 is 29.9 Å². The van der Waals surface area contributed by atoms with E-state index >= 15 is 0 Å². The molecule has 0 bridgehead atoms. The number of hydrogen-bond acceptors (Lipinski definition) is 2. The van der Waals surface area contributed by atoms with Crippen molar-refractivity contribution in [1.29, 1.82) is 0 Å². The molecule has 2 atom stereocenters. The van der Waals surface area contributed by atoms with E-state index in [1.807, 2.05) is 13.0 Å². The van der Waals surface area contributed by atoms with Crippen LogP contribution in [0.3, 0.4) is 0 Å². The van der Waals surface area contributed by atoms with E-state index in [1.54, 1.807) is 23.0 Å². The standard InChI is InChI=1S/C21H27F4N5.HI/c1-2-26-20(28-18-5-3-4-15(14-18)21(23,24)25)27-12-10-17-11-13-30(29-17)19-8-6-16(22)7-9-19;/h6-9,11,13,15,18H,2-5,10,12,14H2,1H3,(H2,26,27,28);1H. The summed E-state index contributed by atoms with van der Waals surface area (Å²) in [5.41, 5.74) is 1.59. The van der Waals surface area contributed by atoms with Crippen LogP contribution in [0.5, 0.6) is 0 Å². The zero-order chi connectivity index (χ0) is 21.6. The lowest BCUT2D eigenvalue weighted by Gasteiger charge is -2.31. The topological polar surface area (TPSA) is 54.2 Å². The van der Waals surface area contributed by atoms with Gasteiger partial charge in [-0.05, 0) is 56.5 Å². The van der Waals surface area contributed by atoms with Crippen molar-refractivity contribution in [3.63, 3.8) is 0 Å². The first-order chi connectivity index (χ1) is 14.3. The molecule has 1 heterocycles. The van der Waals surface area contributed by atoms with Crippen LogP contribution in [0.4, 0.5) is 17.6 Å². The number of alkyl halides is 3. The average Bonchev–Trinajstić information content (AvgIpc) is 3.17. The second-order valence-electron chi connectivity index (χ2n) is 7.49. The van der Waals surface area contributed by atoms with Gasteiger partial charge in [0.15, 0.2) is 5.96 Å². The van der Waals surface area contributed by atoms with Crippen molar-refractivity contribution in [2.75, 3.05) is 13.1 Å². The molecule has 10 heteroatoms. The maximum atomic E-state index is 13.0. The third-order valence-electron chi connectivity index (χ3n) is 5.20.